The molecule has 0 radical (unpaired) electrons. The highest BCUT2D eigenvalue weighted by Crippen LogP contribution is 2.33. The van der Waals surface area contributed by atoms with Gasteiger partial charge in [-0.3, -0.25) is 24.2 Å². The third-order valence-corrected chi connectivity index (χ3v) is 6.74. The average Bonchev–Trinajstić information content (AvgIpc) is 2.96. The molecule has 2 aromatic carbocycles. The monoisotopic (exact) mass is 526 g/mol. The van der Waals surface area contributed by atoms with E-state index in [-0.39, 0.29) is 30.4 Å². The van der Waals surface area contributed by atoms with Crippen LogP contribution in [0.25, 0.3) is 0 Å². The number of nitriles is 1. The molecule has 3 amide bonds. The molecule has 0 aliphatic carbocycles. The second-order valence-corrected chi connectivity index (χ2v) is 9.37. The fourth-order valence-electron chi connectivity index (χ4n) is 4.62. The van der Waals surface area contributed by atoms with Gasteiger partial charge in [0.1, 0.15) is 0 Å². The summed E-state index contributed by atoms with van der Waals surface area (Å²) < 4.78 is 0. The molecule has 2 heterocycles. The maximum atomic E-state index is 12.8. The van der Waals surface area contributed by atoms with Gasteiger partial charge >= 0.3 is 0 Å². The van der Waals surface area contributed by atoms with Crippen LogP contribution in [-0.4, -0.2) is 34.2 Å². The molecule has 0 spiro atoms. The number of primary amides is 1. The van der Waals surface area contributed by atoms with Crippen LogP contribution in [0.15, 0.2) is 66.9 Å². The SMILES string of the molecule is CC(=O)N1CCC(C(N)=O)CC1c1cc(CNc2ccccc2C(=O)NOCc2ccc(C#N)cc2)ccn1. The number of hydrogen-bond donors (Lipinski definition) is 3. The molecular formula is C29H30N6O4. The third-order valence-electron chi connectivity index (χ3n) is 6.74. The number of rotatable bonds is 9. The number of amides is 3. The van der Waals surface area contributed by atoms with Crippen molar-refractivity contribution in [3.8, 4) is 6.07 Å². The molecule has 1 aliphatic rings. The number of anilines is 1. The first-order valence-corrected chi connectivity index (χ1v) is 12.6. The number of para-hydroxylation sites is 1. The quantitative estimate of drug-likeness (QED) is 0.362. The zero-order valence-corrected chi connectivity index (χ0v) is 21.6. The number of carbonyl (C=O) groups excluding carboxylic acids is 3. The van der Waals surface area contributed by atoms with Crippen LogP contribution >= 0.6 is 0 Å². The number of hydrogen-bond acceptors (Lipinski definition) is 7. The van der Waals surface area contributed by atoms with Crippen molar-refractivity contribution in [1.29, 1.82) is 5.26 Å². The van der Waals surface area contributed by atoms with E-state index in [1.54, 1.807) is 53.6 Å². The van der Waals surface area contributed by atoms with Gasteiger partial charge in [0.05, 0.1) is 35.5 Å². The Morgan fingerprint density at radius 2 is 1.90 bits per heavy atom. The van der Waals surface area contributed by atoms with Crippen molar-refractivity contribution in [2.24, 2.45) is 11.7 Å². The summed E-state index contributed by atoms with van der Waals surface area (Å²) in [4.78, 5) is 48.5. The third kappa shape index (κ3) is 6.97. The summed E-state index contributed by atoms with van der Waals surface area (Å²) in [6, 6.07) is 19.5. The zero-order valence-electron chi connectivity index (χ0n) is 21.6. The number of aromatic nitrogens is 1. The molecule has 2 atom stereocenters. The molecule has 1 aromatic heterocycles. The standard InChI is InChI=1S/C29H30N6O4/c1-19(36)35-13-11-23(28(31)37)15-27(35)26-14-22(10-12-32-26)17-33-25-5-3-2-4-24(25)29(38)34-39-18-21-8-6-20(16-30)7-9-21/h2-10,12,14,23,27,33H,11,13,15,17-18H2,1H3,(H2,31,37)(H,34,38). The number of likely N-dealkylation sites (tertiary alicyclic amines) is 1. The van der Waals surface area contributed by atoms with Crippen molar-refractivity contribution in [2.75, 3.05) is 11.9 Å². The van der Waals surface area contributed by atoms with Gasteiger partial charge in [0.15, 0.2) is 0 Å². The van der Waals surface area contributed by atoms with Crippen molar-refractivity contribution >= 4 is 23.4 Å². The van der Waals surface area contributed by atoms with E-state index in [1.165, 1.54) is 6.92 Å². The smallest absolute Gasteiger partial charge is 0.276 e. The van der Waals surface area contributed by atoms with Gasteiger partial charge < -0.3 is 16.0 Å². The fourth-order valence-corrected chi connectivity index (χ4v) is 4.62. The molecular weight excluding hydrogens is 496 g/mol. The number of hydroxylamine groups is 1. The van der Waals surface area contributed by atoms with E-state index in [1.807, 2.05) is 18.2 Å². The summed E-state index contributed by atoms with van der Waals surface area (Å²) in [6.07, 6.45) is 2.65. The van der Waals surface area contributed by atoms with Crippen LogP contribution in [0.3, 0.4) is 0 Å². The lowest BCUT2D eigenvalue weighted by Crippen LogP contribution is -2.43. The Kier molecular flexibility index (Phi) is 8.86. The highest BCUT2D eigenvalue weighted by atomic mass is 16.6. The van der Waals surface area contributed by atoms with Crippen LogP contribution < -0.4 is 16.5 Å². The molecule has 0 bridgehead atoms. The van der Waals surface area contributed by atoms with Crippen molar-refractivity contribution in [1.82, 2.24) is 15.4 Å². The van der Waals surface area contributed by atoms with Crippen molar-refractivity contribution in [3.05, 3.63) is 94.8 Å². The minimum absolute atomic E-state index is 0.0745. The second kappa shape index (κ2) is 12.7. The first kappa shape index (κ1) is 27.3. The molecule has 4 rings (SSSR count). The van der Waals surface area contributed by atoms with Crippen LogP contribution in [0.4, 0.5) is 5.69 Å². The highest BCUT2D eigenvalue weighted by molar-refractivity contribution is 5.99. The molecule has 10 nitrogen and oxygen atoms in total. The number of nitrogens with zero attached hydrogens (tertiary/aromatic N) is 3. The Labute approximate surface area is 226 Å². The van der Waals surface area contributed by atoms with Gasteiger partial charge in [0.25, 0.3) is 5.91 Å². The predicted octanol–water partition coefficient (Wildman–Crippen LogP) is 3.21. The van der Waals surface area contributed by atoms with Gasteiger partial charge in [-0.15, -0.1) is 0 Å². The Morgan fingerprint density at radius 3 is 2.62 bits per heavy atom. The van der Waals surface area contributed by atoms with E-state index < -0.39 is 5.91 Å². The fraction of sp³-hybridized carbons (Fsp3) is 0.276. The minimum Gasteiger partial charge on any atom is -0.380 e. The average molecular weight is 527 g/mol. The van der Waals surface area contributed by atoms with Crippen LogP contribution in [0.2, 0.25) is 0 Å². The van der Waals surface area contributed by atoms with E-state index in [9.17, 15) is 14.4 Å². The lowest BCUT2D eigenvalue weighted by Gasteiger charge is -2.37. The van der Waals surface area contributed by atoms with Crippen molar-refractivity contribution < 1.29 is 19.2 Å². The minimum atomic E-state index is -0.404. The van der Waals surface area contributed by atoms with Gasteiger partial charge in [-0.1, -0.05) is 24.3 Å². The predicted molar refractivity (Wildman–Crippen MR) is 143 cm³/mol. The number of piperidine rings is 1. The summed E-state index contributed by atoms with van der Waals surface area (Å²) in [5.41, 5.74) is 12.0. The molecule has 1 saturated heterocycles. The lowest BCUT2D eigenvalue weighted by molar-refractivity contribution is -0.136. The molecule has 2 unspecified atom stereocenters. The van der Waals surface area contributed by atoms with E-state index >= 15 is 0 Å². The zero-order chi connectivity index (χ0) is 27.8. The number of pyridine rings is 1. The molecule has 39 heavy (non-hydrogen) atoms. The highest BCUT2D eigenvalue weighted by Gasteiger charge is 2.34. The normalized spacial score (nSPS) is 16.7. The maximum Gasteiger partial charge on any atom is 0.276 e. The molecule has 3 aromatic rings. The Bertz CT molecular complexity index is 1390. The molecule has 1 fully saturated rings. The first-order chi connectivity index (χ1) is 18.9. The summed E-state index contributed by atoms with van der Waals surface area (Å²) in [6.45, 7) is 2.52. The Balaban J connectivity index is 1.40. The van der Waals surface area contributed by atoms with Crippen LogP contribution in [0.5, 0.6) is 0 Å². The van der Waals surface area contributed by atoms with Crippen molar-refractivity contribution in [3.63, 3.8) is 0 Å². The molecule has 10 heteroatoms. The summed E-state index contributed by atoms with van der Waals surface area (Å²) in [7, 11) is 0. The van der Waals surface area contributed by atoms with Gasteiger partial charge in [0.2, 0.25) is 11.8 Å². The van der Waals surface area contributed by atoms with E-state index in [0.717, 1.165) is 11.1 Å². The topological polar surface area (TPSA) is 150 Å². The lowest BCUT2D eigenvalue weighted by atomic mass is 9.88. The first-order valence-electron chi connectivity index (χ1n) is 12.6. The van der Waals surface area contributed by atoms with E-state index in [2.05, 4.69) is 21.9 Å². The Hall–Kier alpha value is -4.75. The van der Waals surface area contributed by atoms with Gasteiger partial charge in [-0.05, 0) is 60.4 Å². The molecule has 0 saturated carbocycles. The summed E-state index contributed by atoms with van der Waals surface area (Å²) in [5, 5.41) is 12.2. The second-order valence-electron chi connectivity index (χ2n) is 9.37. The van der Waals surface area contributed by atoms with Gasteiger partial charge in [0, 0.05) is 37.8 Å². The number of nitrogens with two attached hydrogens (primary N) is 1. The van der Waals surface area contributed by atoms with Crippen LogP contribution in [-0.2, 0) is 27.6 Å². The van der Waals surface area contributed by atoms with Gasteiger partial charge in [-0.25, -0.2) is 5.48 Å². The maximum absolute atomic E-state index is 12.8. The van der Waals surface area contributed by atoms with Crippen LogP contribution in [0, 0.1) is 17.2 Å². The molecule has 1 aliphatic heterocycles. The van der Waals surface area contributed by atoms with Gasteiger partial charge in [-0.2, -0.15) is 5.26 Å². The van der Waals surface area contributed by atoms with Crippen LogP contribution in [0.1, 0.15) is 58.5 Å². The largest absolute Gasteiger partial charge is 0.380 e. The number of carbonyl (C=O) groups is 3. The number of nitrogens with one attached hydrogen (secondary N) is 2. The number of benzene rings is 2. The molecule has 200 valence electrons. The summed E-state index contributed by atoms with van der Waals surface area (Å²) in [5.74, 6) is -1.15. The molecule has 4 N–H and O–H groups in total. The van der Waals surface area contributed by atoms with E-state index in [0.29, 0.717) is 48.4 Å². The van der Waals surface area contributed by atoms with Crippen molar-refractivity contribution in [2.45, 2.75) is 39.0 Å². The summed E-state index contributed by atoms with van der Waals surface area (Å²) >= 11 is 0. The van der Waals surface area contributed by atoms with E-state index in [4.69, 9.17) is 15.8 Å². The Morgan fingerprint density at radius 1 is 1.13 bits per heavy atom.